The molecule has 1 aromatic heterocycles. The standard InChI is InChI=1S/C16H16Cl2N2O2S/c17-11-5-4-10(13(18)8-11)9-23-15-12-2-1-3-14(12)20(6-7-21)16(22)19-15/h4-5,8,21H,1-3,6-7,9H2. The van der Waals surface area contributed by atoms with E-state index in [0.717, 1.165) is 41.1 Å². The summed E-state index contributed by atoms with van der Waals surface area (Å²) in [5, 5.41) is 11.1. The molecule has 1 aromatic carbocycles. The fraction of sp³-hybridized carbons (Fsp3) is 0.375. The van der Waals surface area contributed by atoms with Gasteiger partial charge in [0, 0.05) is 27.1 Å². The molecule has 23 heavy (non-hydrogen) atoms. The average Bonchev–Trinajstić information content (AvgIpc) is 2.99. The molecular weight excluding hydrogens is 355 g/mol. The maximum atomic E-state index is 12.2. The van der Waals surface area contributed by atoms with Crippen molar-refractivity contribution < 1.29 is 5.11 Å². The Morgan fingerprint density at radius 3 is 2.87 bits per heavy atom. The first-order valence-electron chi connectivity index (χ1n) is 7.40. The lowest BCUT2D eigenvalue weighted by Crippen LogP contribution is -2.28. The van der Waals surface area contributed by atoms with E-state index in [4.69, 9.17) is 28.3 Å². The van der Waals surface area contributed by atoms with Crippen molar-refractivity contribution in [2.45, 2.75) is 36.6 Å². The zero-order valence-electron chi connectivity index (χ0n) is 12.4. The van der Waals surface area contributed by atoms with Gasteiger partial charge < -0.3 is 5.11 Å². The molecule has 0 saturated carbocycles. The third-order valence-corrected chi connectivity index (χ3v) is 5.56. The van der Waals surface area contributed by atoms with Gasteiger partial charge in [0.15, 0.2) is 0 Å². The largest absolute Gasteiger partial charge is 0.395 e. The van der Waals surface area contributed by atoms with Crippen LogP contribution in [0.3, 0.4) is 0 Å². The van der Waals surface area contributed by atoms with Gasteiger partial charge in [0.2, 0.25) is 0 Å². The van der Waals surface area contributed by atoms with Crippen LogP contribution in [0.15, 0.2) is 28.0 Å². The van der Waals surface area contributed by atoms with Gasteiger partial charge in [-0.15, -0.1) is 11.8 Å². The normalized spacial score (nSPS) is 13.3. The Hall–Kier alpha value is -1.01. The van der Waals surface area contributed by atoms with E-state index in [1.165, 1.54) is 11.8 Å². The molecule has 1 N–H and O–H groups in total. The monoisotopic (exact) mass is 370 g/mol. The van der Waals surface area contributed by atoms with Crippen LogP contribution in [-0.2, 0) is 25.1 Å². The van der Waals surface area contributed by atoms with Crippen molar-refractivity contribution >= 4 is 35.0 Å². The van der Waals surface area contributed by atoms with Crippen LogP contribution >= 0.6 is 35.0 Å². The number of hydrogen-bond donors (Lipinski definition) is 1. The first-order chi connectivity index (χ1) is 11.1. The van der Waals surface area contributed by atoms with Crippen molar-refractivity contribution in [3.8, 4) is 0 Å². The molecule has 0 bridgehead atoms. The maximum absolute atomic E-state index is 12.2. The van der Waals surface area contributed by atoms with Crippen molar-refractivity contribution in [1.82, 2.24) is 9.55 Å². The van der Waals surface area contributed by atoms with E-state index >= 15 is 0 Å². The summed E-state index contributed by atoms with van der Waals surface area (Å²) in [6.45, 7) is 0.253. The van der Waals surface area contributed by atoms with Crippen LogP contribution < -0.4 is 5.69 Å². The number of aliphatic hydroxyl groups excluding tert-OH is 1. The van der Waals surface area contributed by atoms with Gasteiger partial charge in [-0.25, -0.2) is 4.79 Å². The van der Waals surface area contributed by atoms with Gasteiger partial charge >= 0.3 is 5.69 Å². The fourth-order valence-corrected chi connectivity index (χ4v) is 4.46. The molecule has 3 rings (SSSR count). The van der Waals surface area contributed by atoms with Gasteiger partial charge in [0.25, 0.3) is 0 Å². The Labute approximate surface area is 148 Å². The zero-order chi connectivity index (χ0) is 16.4. The molecule has 0 spiro atoms. The Bertz CT molecular complexity index is 792. The lowest BCUT2D eigenvalue weighted by molar-refractivity contribution is 0.271. The number of nitrogens with zero attached hydrogens (tertiary/aromatic N) is 2. The number of halogens is 2. The van der Waals surface area contributed by atoms with Crippen molar-refractivity contribution in [3.63, 3.8) is 0 Å². The van der Waals surface area contributed by atoms with Crippen LogP contribution in [0.5, 0.6) is 0 Å². The number of hydrogen-bond acceptors (Lipinski definition) is 4. The third kappa shape index (κ3) is 3.58. The molecule has 4 nitrogen and oxygen atoms in total. The number of thioether (sulfide) groups is 1. The van der Waals surface area contributed by atoms with Crippen LogP contribution in [-0.4, -0.2) is 21.3 Å². The topological polar surface area (TPSA) is 55.1 Å². The summed E-state index contributed by atoms with van der Waals surface area (Å²) in [6, 6.07) is 5.42. The predicted molar refractivity (Wildman–Crippen MR) is 93.6 cm³/mol. The van der Waals surface area contributed by atoms with Gasteiger partial charge in [-0.05, 0) is 37.0 Å². The Morgan fingerprint density at radius 1 is 1.30 bits per heavy atom. The lowest BCUT2D eigenvalue weighted by Gasteiger charge is -2.13. The van der Waals surface area contributed by atoms with E-state index in [9.17, 15) is 4.79 Å². The molecule has 1 aliphatic rings. The number of aliphatic hydroxyl groups is 1. The van der Waals surface area contributed by atoms with E-state index < -0.39 is 0 Å². The molecule has 122 valence electrons. The van der Waals surface area contributed by atoms with Crippen molar-refractivity contribution in [2.24, 2.45) is 0 Å². The predicted octanol–water partition coefficient (Wildman–Crippen LogP) is 3.32. The van der Waals surface area contributed by atoms with Gasteiger partial charge in [-0.1, -0.05) is 29.3 Å². The molecular formula is C16H16Cl2N2O2S. The SMILES string of the molecule is O=c1nc(SCc2ccc(Cl)cc2Cl)c2c(n1CCO)CCC2. The van der Waals surface area contributed by atoms with Crippen LogP contribution in [0.25, 0.3) is 0 Å². The first kappa shape index (κ1) is 16.8. The molecule has 0 atom stereocenters. The number of rotatable bonds is 5. The summed E-state index contributed by atoms with van der Waals surface area (Å²) in [6.07, 6.45) is 2.80. The van der Waals surface area contributed by atoms with Crippen LogP contribution in [0.4, 0.5) is 0 Å². The molecule has 7 heteroatoms. The lowest BCUT2D eigenvalue weighted by atomic mass is 10.2. The van der Waals surface area contributed by atoms with Crippen LogP contribution in [0.2, 0.25) is 10.0 Å². The second kappa shape index (κ2) is 7.26. The van der Waals surface area contributed by atoms with E-state index in [1.54, 1.807) is 16.7 Å². The second-order valence-corrected chi connectivity index (χ2v) is 7.19. The van der Waals surface area contributed by atoms with E-state index in [-0.39, 0.29) is 12.3 Å². The van der Waals surface area contributed by atoms with Crippen molar-refractivity contribution in [3.05, 3.63) is 55.5 Å². The molecule has 2 aromatic rings. The van der Waals surface area contributed by atoms with Gasteiger partial charge in [0.05, 0.1) is 13.2 Å². The molecule has 0 fully saturated rings. The molecule has 0 amide bonds. The average molecular weight is 371 g/mol. The summed E-state index contributed by atoms with van der Waals surface area (Å²) >= 11 is 13.6. The molecule has 1 aliphatic carbocycles. The molecule has 1 heterocycles. The fourth-order valence-electron chi connectivity index (χ4n) is 2.82. The number of benzene rings is 1. The third-order valence-electron chi connectivity index (χ3n) is 3.90. The minimum Gasteiger partial charge on any atom is -0.395 e. The Kier molecular flexibility index (Phi) is 5.31. The van der Waals surface area contributed by atoms with Gasteiger partial charge in [0.1, 0.15) is 5.03 Å². The van der Waals surface area contributed by atoms with Gasteiger partial charge in [-0.2, -0.15) is 4.98 Å². The Morgan fingerprint density at radius 2 is 2.13 bits per heavy atom. The summed E-state index contributed by atoms with van der Waals surface area (Å²) < 4.78 is 1.60. The molecule has 0 aliphatic heterocycles. The van der Waals surface area contributed by atoms with Crippen LogP contribution in [0.1, 0.15) is 23.2 Å². The second-order valence-electron chi connectivity index (χ2n) is 5.38. The minimum absolute atomic E-state index is 0.0547. The summed E-state index contributed by atoms with van der Waals surface area (Å²) in [7, 11) is 0. The quantitative estimate of drug-likeness (QED) is 0.647. The van der Waals surface area contributed by atoms with Crippen molar-refractivity contribution in [2.75, 3.05) is 6.61 Å². The highest BCUT2D eigenvalue weighted by Gasteiger charge is 2.21. The summed E-state index contributed by atoms with van der Waals surface area (Å²) in [5.41, 5.74) is 2.83. The molecule has 0 saturated heterocycles. The van der Waals surface area contributed by atoms with E-state index in [2.05, 4.69) is 4.98 Å². The number of aromatic nitrogens is 2. The highest BCUT2D eigenvalue weighted by atomic mass is 35.5. The zero-order valence-corrected chi connectivity index (χ0v) is 14.7. The van der Waals surface area contributed by atoms with E-state index in [1.807, 2.05) is 6.07 Å². The highest BCUT2D eigenvalue weighted by Crippen LogP contribution is 2.33. The smallest absolute Gasteiger partial charge is 0.348 e. The van der Waals surface area contributed by atoms with Crippen LogP contribution in [0, 0.1) is 0 Å². The molecule has 0 radical (unpaired) electrons. The Balaban J connectivity index is 1.88. The minimum atomic E-state index is -0.288. The summed E-state index contributed by atoms with van der Waals surface area (Å²) in [4.78, 5) is 16.4. The summed E-state index contributed by atoms with van der Waals surface area (Å²) in [5.74, 6) is 0.638. The van der Waals surface area contributed by atoms with E-state index in [0.29, 0.717) is 22.3 Å². The highest BCUT2D eigenvalue weighted by molar-refractivity contribution is 7.98. The number of fused-ring (bicyclic) bond motifs is 1. The molecule has 0 unspecified atom stereocenters. The maximum Gasteiger partial charge on any atom is 0.348 e. The van der Waals surface area contributed by atoms with Gasteiger partial charge in [-0.3, -0.25) is 4.57 Å². The van der Waals surface area contributed by atoms with Crippen molar-refractivity contribution in [1.29, 1.82) is 0 Å². The first-order valence-corrected chi connectivity index (χ1v) is 9.14.